The molecule has 6 rings (SSSR count). The molecule has 1 aromatic rings. The van der Waals surface area contributed by atoms with E-state index in [0.717, 1.165) is 12.5 Å². The summed E-state index contributed by atoms with van der Waals surface area (Å²) in [7, 11) is 0. The average Bonchev–Trinajstić information content (AvgIpc) is 3.61. The van der Waals surface area contributed by atoms with Crippen molar-refractivity contribution in [1.82, 2.24) is 0 Å². The Labute approximate surface area is 273 Å². The van der Waals surface area contributed by atoms with Crippen LogP contribution in [0.4, 0.5) is 0 Å². The van der Waals surface area contributed by atoms with E-state index < -0.39 is 93.9 Å². The predicted octanol–water partition coefficient (Wildman–Crippen LogP) is 3.11. The highest BCUT2D eigenvalue weighted by atomic mass is 16.7. The Bertz CT molecular complexity index is 1470. The summed E-state index contributed by atoms with van der Waals surface area (Å²) < 4.78 is 29.2. The van der Waals surface area contributed by atoms with Crippen molar-refractivity contribution in [2.24, 2.45) is 45.3 Å². The highest BCUT2D eigenvalue weighted by molar-refractivity contribution is 5.94. The number of Topliss-reactive ketones (excluding diaryl/α,β-unsaturated/α-hetero) is 2. The van der Waals surface area contributed by atoms with Crippen molar-refractivity contribution < 1.29 is 57.6 Å². The van der Waals surface area contributed by atoms with Gasteiger partial charge < -0.3 is 33.6 Å². The van der Waals surface area contributed by atoms with Crippen LogP contribution in [0.2, 0.25) is 0 Å². The van der Waals surface area contributed by atoms with Gasteiger partial charge in [-0.3, -0.25) is 24.0 Å². The number of ether oxygens (including phenoxy) is 4. The molecule has 1 aliphatic heterocycles. The number of aliphatic hydroxyl groups is 2. The number of furan rings is 1. The van der Waals surface area contributed by atoms with Gasteiger partial charge in [0.2, 0.25) is 6.29 Å². The SMILES string of the molecule is CC[C@H](C)C(=O)O[C@@H]1OC[C@]23[C@@H](O)[C@@H](OC(C)=O)[C@@H](OC(C)=O)[C@@]1(C)[C@@H]2C[C@@H](O)[C@@]1(C)[C@@H]2C(=O)C[C@@H](c4ccoc4)[C@]2(C)CC(=O)[C@@H]13. The topological polar surface area (TPSA) is 176 Å². The second kappa shape index (κ2) is 11.2. The molecule has 4 saturated carbocycles. The first-order valence-corrected chi connectivity index (χ1v) is 16.6. The Morgan fingerprint density at radius 3 is 2.28 bits per heavy atom. The van der Waals surface area contributed by atoms with Crippen LogP contribution in [0, 0.1) is 45.3 Å². The van der Waals surface area contributed by atoms with Crippen molar-refractivity contribution in [2.45, 2.75) is 111 Å². The minimum Gasteiger partial charge on any atom is -0.472 e. The lowest BCUT2D eigenvalue weighted by Gasteiger charge is -2.73. The van der Waals surface area contributed by atoms with Crippen LogP contribution < -0.4 is 0 Å². The van der Waals surface area contributed by atoms with E-state index in [-0.39, 0.29) is 43.4 Å². The molecule has 0 amide bonds. The molecule has 2 heterocycles. The van der Waals surface area contributed by atoms with E-state index in [1.807, 2.05) is 13.8 Å². The fourth-order valence-electron chi connectivity index (χ4n) is 11.0. The lowest BCUT2D eigenvalue weighted by molar-refractivity contribution is -0.387. The molecule has 0 spiro atoms. The van der Waals surface area contributed by atoms with Crippen molar-refractivity contribution in [3.63, 3.8) is 0 Å². The third kappa shape index (κ3) is 4.46. The van der Waals surface area contributed by atoms with Gasteiger partial charge in [0.15, 0.2) is 12.2 Å². The molecule has 2 N–H and O–H groups in total. The van der Waals surface area contributed by atoms with Crippen molar-refractivity contribution in [3.05, 3.63) is 24.2 Å². The van der Waals surface area contributed by atoms with Crippen molar-refractivity contribution in [2.75, 3.05) is 6.61 Å². The Morgan fingerprint density at radius 2 is 1.68 bits per heavy atom. The van der Waals surface area contributed by atoms with Crippen LogP contribution in [-0.4, -0.2) is 77.0 Å². The van der Waals surface area contributed by atoms with Gasteiger partial charge in [0.1, 0.15) is 17.7 Å². The molecule has 258 valence electrons. The number of hydrogen-bond donors (Lipinski definition) is 2. The van der Waals surface area contributed by atoms with Gasteiger partial charge >= 0.3 is 17.9 Å². The van der Waals surface area contributed by atoms with Gasteiger partial charge in [-0.2, -0.15) is 0 Å². The smallest absolute Gasteiger partial charge is 0.310 e. The minimum absolute atomic E-state index is 0.0117. The number of hydrogen-bond acceptors (Lipinski definition) is 12. The van der Waals surface area contributed by atoms with Gasteiger partial charge in [0, 0.05) is 55.3 Å². The highest BCUT2D eigenvalue weighted by Gasteiger charge is 2.82. The van der Waals surface area contributed by atoms with E-state index in [9.17, 15) is 34.2 Å². The maximum Gasteiger partial charge on any atom is 0.310 e. The molecule has 0 aromatic carbocycles. The van der Waals surface area contributed by atoms with Gasteiger partial charge in [0.05, 0.1) is 36.6 Å². The first kappa shape index (κ1) is 33.8. The Kier molecular flexibility index (Phi) is 8.08. The molecule has 47 heavy (non-hydrogen) atoms. The number of aliphatic hydroxyl groups excluding tert-OH is 2. The van der Waals surface area contributed by atoms with Crippen LogP contribution >= 0.6 is 0 Å². The quantitative estimate of drug-likeness (QED) is 0.338. The molecule has 1 aromatic heterocycles. The molecule has 4 aliphatic carbocycles. The third-order valence-corrected chi connectivity index (χ3v) is 13.0. The molecule has 5 fully saturated rings. The molecule has 5 aliphatic rings. The number of esters is 3. The molecular weight excluding hydrogens is 612 g/mol. The number of carbonyl (C=O) groups is 5. The fraction of sp³-hybridized carbons (Fsp3) is 0.743. The summed E-state index contributed by atoms with van der Waals surface area (Å²) in [6.07, 6.45) is -3.28. The summed E-state index contributed by atoms with van der Waals surface area (Å²) in [5.41, 5.74) is -4.40. The predicted molar refractivity (Wildman–Crippen MR) is 161 cm³/mol. The number of carbonyl (C=O) groups excluding carboxylic acids is 5. The summed E-state index contributed by atoms with van der Waals surface area (Å²) in [6.45, 7) is 10.9. The zero-order valence-corrected chi connectivity index (χ0v) is 28.0. The number of fused-ring (bicyclic) bond motifs is 3. The Morgan fingerprint density at radius 1 is 1.00 bits per heavy atom. The summed E-state index contributed by atoms with van der Waals surface area (Å²) in [5, 5.41) is 24.7. The van der Waals surface area contributed by atoms with Crippen molar-refractivity contribution in [3.8, 4) is 0 Å². The fourth-order valence-corrected chi connectivity index (χ4v) is 11.0. The molecule has 1 saturated heterocycles. The van der Waals surface area contributed by atoms with Crippen LogP contribution in [-0.2, 0) is 42.9 Å². The van der Waals surface area contributed by atoms with Crippen molar-refractivity contribution >= 4 is 29.5 Å². The maximum atomic E-state index is 14.8. The summed E-state index contributed by atoms with van der Waals surface area (Å²) >= 11 is 0. The van der Waals surface area contributed by atoms with E-state index in [0.29, 0.717) is 6.42 Å². The van der Waals surface area contributed by atoms with E-state index >= 15 is 0 Å². The van der Waals surface area contributed by atoms with Gasteiger partial charge in [-0.15, -0.1) is 0 Å². The van der Waals surface area contributed by atoms with E-state index in [1.165, 1.54) is 13.2 Å². The van der Waals surface area contributed by atoms with E-state index in [2.05, 4.69) is 0 Å². The first-order valence-electron chi connectivity index (χ1n) is 16.6. The largest absolute Gasteiger partial charge is 0.472 e. The Hall–Kier alpha value is -3.09. The van der Waals surface area contributed by atoms with Gasteiger partial charge in [-0.25, -0.2) is 0 Å². The number of ketones is 2. The van der Waals surface area contributed by atoms with Gasteiger partial charge in [0.25, 0.3) is 0 Å². The van der Waals surface area contributed by atoms with Gasteiger partial charge in [-0.1, -0.05) is 27.7 Å². The summed E-state index contributed by atoms with van der Waals surface area (Å²) in [6, 6.07) is 1.79. The van der Waals surface area contributed by atoms with Crippen LogP contribution in [0.25, 0.3) is 0 Å². The molecule has 0 radical (unpaired) electrons. The highest BCUT2D eigenvalue weighted by Crippen LogP contribution is 2.75. The van der Waals surface area contributed by atoms with Crippen molar-refractivity contribution in [1.29, 1.82) is 0 Å². The zero-order valence-electron chi connectivity index (χ0n) is 28.0. The van der Waals surface area contributed by atoms with Crippen LogP contribution in [0.1, 0.15) is 85.6 Å². The van der Waals surface area contributed by atoms with E-state index in [4.69, 9.17) is 23.4 Å². The molecule has 14 atom stereocenters. The molecule has 2 bridgehead atoms. The Balaban J connectivity index is 1.54. The monoisotopic (exact) mass is 658 g/mol. The molecule has 12 heteroatoms. The normalized spacial score (nSPS) is 46.0. The summed E-state index contributed by atoms with van der Waals surface area (Å²) in [4.78, 5) is 67.3. The second-order valence-corrected chi connectivity index (χ2v) is 15.4. The van der Waals surface area contributed by atoms with Gasteiger partial charge in [-0.05, 0) is 42.7 Å². The van der Waals surface area contributed by atoms with E-state index in [1.54, 1.807) is 33.1 Å². The molecule has 0 unspecified atom stereocenters. The van der Waals surface area contributed by atoms with Crippen LogP contribution in [0.15, 0.2) is 23.0 Å². The van der Waals surface area contributed by atoms with Crippen LogP contribution in [0.5, 0.6) is 0 Å². The minimum atomic E-state index is -1.61. The second-order valence-electron chi connectivity index (χ2n) is 15.4. The molecule has 12 nitrogen and oxygen atoms in total. The average molecular weight is 659 g/mol. The lowest BCUT2D eigenvalue weighted by Crippen LogP contribution is -2.82. The third-order valence-electron chi connectivity index (χ3n) is 13.0. The van der Waals surface area contributed by atoms with Crippen LogP contribution in [0.3, 0.4) is 0 Å². The lowest BCUT2D eigenvalue weighted by atomic mass is 9.33. The number of rotatable bonds is 6. The first-order chi connectivity index (χ1) is 22.0. The maximum absolute atomic E-state index is 14.8. The standard InChI is InChI=1S/C35H46O12/c1-8-16(2)30(42)47-31-33(6)23-12-24(40)34(7)26-21(38)11-20(19-9-10-43-14-19)32(26,5)13-22(39)27(34)35(23,15-44-31)28(41)25(45-17(3)36)29(33)46-18(4)37/h9-10,14,16,20,23-29,31,40-41H,8,11-13,15H2,1-7H3/t16-,20-,23-,24+,25+,26+,27-,28-,29+,31-,32-,33+,34-,35-/m0/s1. The summed E-state index contributed by atoms with van der Waals surface area (Å²) in [5.74, 6) is -5.93. The zero-order chi connectivity index (χ0) is 34.4. The molecular formula is C35H46O12.